The first-order valence-corrected chi connectivity index (χ1v) is 16.4. The average molecular weight is 673 g/mol. The molecule has 5 N–H and O–H groups in total. The van der Waals surface area contributed by atoms with E-state index in [1.165, 1.54) is 4.90 Å². The Kier molecular flexibility index (Phi) is 10.5. The predicted molar refractivity (Wildman–Crippen MR) is 180 cm³/mol. The molecule has 2 aromatic carbocycles. The zero-order valence-corrected chi connectivity index (χ0v) is 27.1. The van der Waals surface area contributed by atoms with E-state index in [-0.39, 0.29) is 36.3 Å². The van der Waals surface area contributed by atoms with Gasteiger partial charge in [0.05, 0.1) is 44.2 Å². The molecule has 258 valence electrons. The van der Waals surface area contributed by atoms with Gasteiger partial charge in [-0.25, -0.2) is 0 Å². The van der Waals surface area contributed by atoms with Crippen molar-refractivity contribution < 1.29 is 33.8 Å². The van der Waals surface area contributed by atoms with Crippen molar-refractivity contribution >= 4 is 40.8 Å². The number of benzene rings is 2. The summed E-state index contributed by atoms with van der Waals surface area (Å²) in [5.74, 6) is -0.533. The Morgan fingerprint density at radius 3 is 2.49 bits per heavy atom. The van der Waals surface area contributed by atoms with Crippen molar-refractivity contribution in [1.29, 1.82) is 0 Å². The Morgan fingerprint density at radius 2 is 1.71 bits per heavy atom. The molecule has 6 rings (SSSR count). The van der Waals surface area contributed by atoms with E-state index in [0.29, 0.717) is 94.8 Å². The van der Waals surface area contributed by atoms with Crippen LogP contribution in [0.1, 0.15) is 35.2 Å². The first-order chi connectivity index (χ1) is 23.8. The number of imide groups is 1. The van der Waals surface area contributed by atoms with Crippen LogP contribution in [0.4, 0.5) is 17.2 Å². The van der Waals surface area contributed by atoms with Gasteiger partial charge in [-0.2, -0.15) is 0 Å². The molecule has 3 aliphatic rings. The van der Waals surface area contributed by atoms with Crippen LogP contribution >= 0.6 is 0 Å². The number of rotatable bonds is 13. The van der Waals surface area contributed by atoms with Crippen molar-refractivity contribution in [2.75, 3.05) is 75.1 Å². The van der Waals surface area contributed by atoms with Gasteiger partial charge in [0.1, 0.15) is 11.8 Å². The first-order valence-electron chi connectivity index (χ1n) is 16.4. The average Bonchev–Trinajstić information content (AvgIpc) is 3.44. The molecule has 0 saturated carbocycles. The third-order valence-electron chi connectivity index (χ3n) is 8.93. The highest BCUT2D eigenvalue weighted by Gasteiger charge is 2.39. The minimum atomic E-state index is -0.656. The molecule has 15 heteroatoms. The fourth-order valence-electron chi connectivity index (χ4n) is 6.31. The summed E-state index contributed by atoms with van der Waals surface area (Å²) in [4.78, 5) is 55.1. The lowest BCUT2D eigenvalue weighted by molar-refractivity contribution is -0.137. The lowest BCUT2D eigenvalue weighted by Gasteiger charge is -2.36. The summed E-state index contributed by atoms with van der Waals surface area (Å²) in [7, 11) is 0. The number of para-hydroxylation sites is 1. The van der Waals surface area contributed by atoms with Gasteiger partial charge in [-0.3, -0.25) is 24.5 Å². The van der Waals surface area contributed by atoms with Gasteiger partial charge in [0.15, 0.2) is 5.82 Å². The molecule has 2 fully saturated rings. The second-order valence-electron chi connectivity index (χ2n) is 12.0. The fraction of sp³-hybridized carbons (Fsp3) is 0.412. The van der Waals surface area contributed by atoms with Crippen molar-refractivity contribution in [1.82, 2.24) is 25.3 Å². The van der Waals surface area contributed by atoms with Crippen LogP contribution in [0.25, 0.3) is 11.3 Å². The Morgan fingerprint density at radius 1 is 0.959 bits per heavy atom. The van der Waals surface area contributed by atoms with E-state index in [4.69, 9.17) is 15.2 Å². The second-order valence-corrected chi connectivity index (χ2v) is 12.0. The van der Waals surface area contributed by atoms with Crippen molar-refractivity contribution in [3.8, 4) is 17.0 Å². The van der Waals surface area contributed by atoms with E-state index in [1.807, 2.05) is 23.1 Å². The van der Waals surface area contributed by atoms with Crippen LogP contribution < -0.4 is 21.3 Å². The number of nitrogens with one attached hydrogen (secondary N) is 2. The number of nitrogens with two attached hydrogens (primary N) is 1. The number of nitrogen functional groups attached to an aromatic ring is 1. The number of hydrogen-bond donors (Lipinski definition) is 4. The minimum absolute atomic E-state index is 0.0190. The van der Waals surface area contributed by atoms with Crippen LogP contribution in [-0.4, -0.2) is 114 Å². The molecule has 1 unspecified atom stereocenters. The fourth-order valence-corrected chi connectivity index (χ4v) is 6.31. The second kappa shape index (κ2) is 15.3. The molecule has 0 radical (unpaired) electrons. The number of carbonyl (C=O) groups excluding carboxylic acids is 4. The van der Waals surface area contributed by atoms with E-state index in [2.05, 4.69) is 25.7 Å². The highest BCUT2D eigenvalue weighted by Crippen LogP contribution is 2.33. The molecule has 49 heavy (non-hydrogen) atoms. The number of hydrogen-bond acceptors (Lipinski definition) is 12. The van der Waals surface area contributed by atoms with Crippen molar-refractivity contribution in [2.24, 2.45) is 0 Å². The van der Waals surface area contributed by atoms with Crippen molar-refractivity contribution in [3.05, 3.63) is 59.7 Å². The summed E-state index contributed by atoms with van der Waals surface area (Å²) in [6.45, 7) is 4.47. The predicted octanol–water partition coefficient (Wildman–Crippen LogP) is 1.38. The Balaban J connectivity index is 0.857. The van der Waals surface area contributed by atoms with E-state index < -0.39 is 11.9 Å². The number of piperidine rings is 1. The lowest BCUT2D eigenvalue weighted by atomic mass is 10.0. The zero-order valence-electron chi connectivity index (χ0n) is 27.1. The van der Waals surface area contributed by atoms with Crippen LogP contribution in [0, 0.1) is 0 Å². The Labute approximate surface area is 283 Å². The standard InChI is InChI=1S/C34H40N8O7/c35-32-28(20-26(38-39-32)23-4-1-2-7-29(23)43)40-12-14-41(15-13-40)31(45)10-16-48-18-19-49-17-11-36-25-6-3-5-22-24(25)21-42(34(22)47)27-8-9-30(44)37-33(27)46/h1-7,20,27,36,43H,8-19,21H2,(H2,35,39)(H,37,44,46). The quantitative estimate of drug-likeness (QED) is 0.151. The van der Waals surface area contributed by atoms with Gasteiger partial charge in [-0.1, -0.05) is 18.2 Å². The summed E-state index contributed by atoms with van der Waals surface area (Å²) >= 11 is 0. The number of phenols is 1. The molecule has 3 aliphatic heterocycles. The number of piperazine rings is 1. The maximum atomic E-state index is 13.0. The third kappa shape index (κ3) is 7.73. The minimum Gasteiger partial charge on any atom is -0.507 e. The molecule has 0 bridgehead atoms. The van der Waals surface area contributed by atoms with E-state index in [0.717, 1.165) is 16.9 Å². The Hall–Kier alpha value is -5.28. The molecule has 1 aromatic heterocycles. The number of aromatic hydroxyl groups is 1. The highest BCUT2D eigenvalue weighted by molar-refractivity contribution is 6.06. The van der Waals surface area contributed by atoms with Gasteiger partial charge in [-0.05, 0) is 36.8 Å². The lowest BCUT2D eigenvalue weighted by Crippen LogP contribution is -2.52. The number of carbonyl (C=O) groups is 4. The number of nitrogens with zero attached hydrogens (tertiary/aromatic N) is 5. The molecular weight excluding hydrogens is 632 g/mol. The summed E-state index contributed by atoms with van der Waals surface area (Å²) in [6, 6.07) is 13.5. The largest absolute Gasteiger partial charge is 0.507 e. The monoisotopic (exact) mass is 672 g/mol. The molecular formula is C34H40N8O7. The Bertz CT molecular complexity index is 1710. The maximum absolute atomic E-state index is 13.0. The maximum Gasteiger partial charge on any atom is 0.255 e. The number of anilines is 3. The molecule has 15 nitrogen and oxygen atoms in total. The third-order valence-corrected chi connectivity index (χ3v) is 8.93. The van der Waals surface area contributed by atoms with Gasteiger partial charge < -0.3 is 40.3 Å². The normalized spacial score (nSPS) is 17.7. The van der Waals surface area contributed by atoms with Crippen molar-refractivity contribution in [2.45, 2.75) is 31.8 Å². The van der Waals surface area contributed by atoms with Gasteiger partial charge in [0.25, 0.3) is 5.91 Å². The molecule has 4 heterocycles. The topological polar surface area (TPSA) is 193 Å². The van der Waals surface area contributed by atoms with Crippen LogP contribution in [-0.2, 0) is 30.4 Å². The number of fused-ring (bicyclic) bond motifs is 1. The molecule has 3 aromatic rings. The van der Waals surface area contributed by atoms with Gasteiger partial charge in [0, 0.05) is 68.1 Å². The molecule has 1 atom stereocenters. The number of amides is 4. The number of aromatic nitrogens is 2. The SMILES string of the molecule is Nc1nnc(-c2ccccc2O)cc1N1CCN(C(=O)CCOCCOCCNc2cccc3c2CN(C2CCC(=O)NC2=O)C3=O)CC1. The van der Waals surface area contributed by atoms with Gasteiger partial charge >= 0.3 is 0 Å². The summed E-state index contributed by atoms with van der Waals surface area (Å²) < 4.78 is 11.3. The van der Waals surface area contributed by atoms with Gasteiger partial charge in [0.2, 0.25) is 17.7 Å². The summed E-state index contributed by atoms with van der Waals surface area (Å²) in [6.07, 6.45) is 0.800. The summed E-state index contributed by atoms with van der Waals surface area (Å²) in [5.41, 5.74) is 10.1. The van der Waals surface area contributed by atoms with Crippen LogP contribution in [0.5, 0.6) is 5.75 Å². The van der Waals surface area contributed by atoms with E-state index in [1.54, 1.807) is 30.3 Å². The molecule has 2 saturated heterocycles. The van der Waals surface area contributed by atoms with Gasteiger partial charge in [-0.15, -0.1) is 10.2 Å². The smallest absolute Gasteiger partial charge is 0.255 e. The zero-order chi connectivity index (χ0) is 34.3. The first kappa shape index (κ1) is 33.6. The van der Waals surface area contributed by atoms with E-state index >= 15 is 0 Å². The molecule has 0 spiro atoms. The summed E-state index contributed by atoms with van der Waals surface area (Å²) in [5, 5.41) is 24.1. The van der Waals surface area contributed by atoms with Crippen LogP contribution in [0.15, 0.2) is 48.5 Å². The number of phenolic OH excluding ortho intramolecular Hbond substituents is 1. The van der Waals surface area contributed by atoms with Crippen LogP contribution in [0.2, 0.25) is 0 Å². The van der Waals surface area contributed by atoms with Crippen LogP contribution in [0.3, 0.4) is 0 Å². The van der Waals surface area contributed by atoms with Crippen molar-refractivity contribution in [3.63, 3.8) is 0 Å². The highest BCUT2D eigenvalue weighted by atomic mass is 16.5. The molecule has 4 amide bonds. The number of ether oxygens (including phenoxy) is 2. The molecule has 0 aliphatic carbocycles. The van der Waals surface area contributed by atoms with E-state index in [9.17, 15) is 24.3 Å².